The summed E-state index contributed by atoms with van der Waals surface area (Å²) in [4.78, 5) is 10.1. The zero-order valence-corrected chi connectivity index (χ0v) is 11.3. The molecule has 0 amide bonds. The Morgan fingerprint density at radius 2 is 1.65 bits per heavy atom. The molecule has 0 atom stereocenters. The van der Waals surface area contributed by atoms with Gasteiger partial charge in [-0.3, -0.25) is 10.1 Å². The van der Waals surface area contributed by atoms with Crippen LogP contribution in [-0.4, -0.2) is 10.0 Å². The average Bonchev–Trinajstić information content (AvgIpc) is 2.55. The Morgan fingerprint density at radius 3 is 2.22 bits per heavy atom. The molecule has 0 unspecified atom stereocenters. The van der Waals surface area contributed by atoms with Crippen molar-refractivity contribution < 1.29 is 14.8 Å². The maximum absolute atomic E-state index is 10.7. The second-order valence-electron chi connectivity index (χ2n) is 4.21. The van der Waals surface area contributed by atoms with E-state index in [9.17, 15) is 15.2 Å². The molecule has 0 fully saturated rings. The normalized spacial score (nSPS) is 9.26. The fraction of sp³-hybridized carbons (Fsp3) is 0. The first-order valence-corrected chi connectivity index (χ1v) is 6.04. The van der Waals surface area contributed by atoms with E-state index in [2.05, 4.69) is 0 Å². The van der Waals surface area contributed by atoms with E-state index < -0.39 is 4.92 Å². The molecule has 110 valence electrons. The van der Waals surface area contributed by atoms with Gasteiger partial charge in [0.2, 0.25) is 0 Å². The van der Waals surface area contributed by atoms with Gasteiger partial charge in [-0.2, -0.15) is 15.8 Å². The number of nitriles is 3. The lowest BCUT2D eigenvalue weighted by Gasteiger charge is -2.10. The highest BCUT2D eigenvalue weighted by Gasteiger charge is 2.17. The molecular formula is C15H6N4O4. The summed E-state index contributed by atoms with van der Waals surface area (Å²) in [5, 5.41) is 47.4. The highest BCUT2D eigenvalue weighted by atomic mass is 16.6. The van der Waals surface area contributed by atoms with E-state index in [4.69, 9.17) is 20.5 Å². The van der Waals surface area contributed by atoms with Crippen LogP contribution in [0.3, 0.4) is 0 Å². The third-order valence-electron chi connectivity index (χ3n) is 2.88. The van der Waals surface area contributed by atoms with Crippen molar-refractivity contribution in [2.45, 2.75) is 0 Å². The lowest BCUT2D eigenvalue weighted by Crippen LogP contribution is -1.95. The number of aromatic hydroxyl groups is 1. The Hall–Kier alpha value is -4.09. The van der Waals surface area contributed by atoms with Gasteiger partial charge in [-0.05, 0) is 18.2 Å². The summed E-state index contributed by atoms with van der Waals surface area (Å²) in [5.41, 5.74) is -0.840. The fourth-order valence-corrected chi connectivity index (χ4v) is 1.81. The maximum Gasteiger partial charge on any atom is 0.271 e. The number of ether oxygens (including phenoxy) is 1. The number of hydrogen-bond acceptors (Lipinski definition) is 7. The van der Waals surface area contributed by atoms with Gasteiger partial charge in [0.25, 0.3) is 5.69 Å². The molecule has 0 aliphatic rings. The van der Waals surface area contributed by atoms with E-state index in [-0.39, 0.29) is 39.6 Å². The molecular weight excluding hydrogens is 300 g/mol. The molecule has 2 aromatic carbocycles. The van der Waals surface area contributed by atoms with E-state index in [0.29, 0.717) is 0 Å². The number of benzene rings is 2. The van der Waals surface area contributed by atoms with Crippen LogP contribution >= 0.6 is 0 Å². The van der Waals surface area contributed by atoms with E-state index in [1.807, 2.05) is 0 Å². The SMILES string of the molecule is N#Cc1cc([N+](=O)[O-])ccc1Oc1ccc(O)c(C#N)c1C#N. The Balaban J connectivity index is 2.53. The van der Waals surface area contributed by atoms with Crippen molar-refractivity contribution in [2.75, 3.05) is 0 Å². The molecule has 23 heavy (non-hydrogen) atoms. The topological polar surface area (TPSA) is 144 Å². The summed E-state index contributed by atoms with van der Waals surface area (Å²) in [5.74, 6) is -0.433. The van der Waals surface area contributed by atoms with E-state index in [1.165, 1.54) is 18.2 Å². The van der Waals surface area contributed by atoms with Crippen LogP contribution in [0.1, 0.15) is 16.7 Å². The van der Waals surface area contributed by atoms with Crippen LogP contribution in [-0.2, 0) is 0 Å². The minimum Gasteiger partial charge on any atom is -0.507 e. The van der Waals surface area contributed by atoms with Gasteiger partial charge >= 0.3 is 0 Å². The zero-order chi connectivity index (χ0) is 17.0. The Kier molecular flexibility index (Phi) is 4.08. The van der Waals surface area contributed by atoms with Crippen molar-refractivity contribution in [3.63, 3.8) is 0 Å². The number of rotatable bonds is 3. The smallest absolute Gasteiger partial charge is 0.271 e. The monoisotopic (exact) mass is 306 g/mol. The number of nitro benzene ring substituents is 1. The molecule has 0 saturated carbocycles. The van der Waals surface area contributed by atoms with Crippen LogP contribution in [0.2, 0.25) is 0 Å². The van der Waals surface area contributed by atoms with E-state index in [1.54, 1.807) is 18.2 Å². The van der Waals surface area contributed by atoms with Crippen molar-refractivity contribution in [1.82, 2.24) is 0 Å². The van der Waals surface area contributed by atoms with Crippen molar-refractivity contribution in [3.8, 4) is 35.5 Å². The molecule has 0 aliphatic carbocycles. The second kappa shape index (κ2) is 6.13. The number of nitrogens with zero attached hydrogens (tertiary/aromatic N) is 4. The summed E-state index contributed by atoms with van der Waals surface area (Å²) in [7, 11) is 0. The number of hydrogen-bond donors (Lipinski definition) is 1. The lowest BCUT2D eigenvalue weighted by molar-refractivity contribution is -0.384. The molecule has 0 aromatic heterocycles. The molecule has 8 nitrogen and oxygen atoms in total. The Bertz CT molecular complexity index is 932. The highest BCUT2D eigenvalue weighted by molar-refractivity contribution is 5.61. The largest absolute Gasteiger partial charge is 0.507 e. The van der Waals surface area contributed by atoms with Gasteiger partial charge < -0.3 is 9.84 Å². The van der Waals surface area contributed by atoms with Crippen LogP contribution in [0.4, 0.5) is 5.69 Å². The van der Waals surface area contributed by atoms with Crippen LogP contribution < -0.4 is 4.74 Å². The molecule has 2 aromatic rings. The zero-order valence-electron chi connectivity index (χ0n) is 11.3. The standard InChI is InChI=1S/C15H6N4O4/c16-6-9-5-10(19(21)22)1-3-14(9)23-15-4-2-13(20)11(7-17)12(15)8-18/h1-5,20H. The number of non-ortho nitro benzene ring substituents is 1. The van der Waals surface area contributed by atoms with Crippen LogP contribution in [0, 0.1) is 44.1 Å². The molecule has 0 heterocycles. The van der Waals surface area contributed by atoms with E-state index in [0.717, 1.165) is 12.1 Å². The van der Waals surface area contributed by atoms with Gasteiger partial charge in [0, 0.05) is 12.1 Å². The predicted molar refractivity (Wildman–Crippen MR) is 75.4 cm³/mol. The van der Waals surface area contributed by atoms with Gasteiger partial charge in [0.1, 0.15) is 52.1 Å². The molecule has 2 rings (SSSR count). The third-order valence-corrected chi connectivity index (χ3v) is 2.88. The first-order valence-electron chi connectivity index (χ1n) is 6.04. The van der Waals surface area contributed by atoms with Gasteiger partial charge in [0.15, 0.2) is 0 Å². The summed E-state index contributed by atoms with van der Waals surface area (Å²) in [6.45, 7) is 0. The van der Waals surface area contributed by atoms with Crippen molar-refractivity contribution in [2.24, 2.45) is 0 Å². The van der Waals surface area contributed by atoms with Crippen LogP contribution in [0.5, 0.6) is 17.2 Å². The lowest BCUT2D eigenvalue weighted by atomic mass is 10.1. The fourth-order valence-electron chi connectivity index (χ4n) is 1.81. The van der Waals surface area contributed by atoms with Gasteiger partial charge in [0.05, 0.1) is 4.92 Å². The minimum absolute atomic E-state index is 0.0100. The summed E-state index contributed by atoms with van der Waals surface area (Å²) in [6.07, 6.45) is 0. The number of phenolic OH excluding ortho intramolecular Hbond substituents is 1. The molecule has 1 N–H and O–H groups in total. The second-order valence-corrected chi connectivity index (χ2v) is 4.21. The van der Waals surface area contributed by atoms with Crippen molar-refractivity contribution in [3.05, 3.63) is 57.1 Å². The third kappa shape index (κ3) is 2.85. The molecule has 0 radical (unpaired) electrons. The van der Waals surface area contributed by atoms with Gasteiger partial charge in [-0.1, -0.05) is 0 Å². The summed E-state index contributed by atoms with van der Waals surface area (Å²) < 4.78 is 5.42. The Morgan fingerprint density at radius 1 is 1.00 bits per heavy atom. The molecule has 0 aliphatic heterocycles. The number of nitro groups is 1. The first-order chi connectivity index (χ1) is 11.0. The van der Waals surface area contributed by atoms with Crippen LogP contribution in [0.15, 0.2) is 30.3 Å². The van der Waals surface area contributed by atoms with E-state index >= 15 is 0 Å². The summed E-state index contributed by atoms with van der Waals surface area (Å²) >= 11 is 0. The minimum atomic E-state index is -0.653. The molecule has 8 heteroatoms. The first kappa shape index (κ1) is 15.3. The van der Waals surface area contributed by atoms with Gasteiger partial charge in [-0.25, -0.2) is 0 Å². The quantitative estimate of drug-likeness (QED) is 0.677. The molecule has 0 bridgehead atoms. The maximum atomic E-state index is 10.7. The van der Waals surface area contributed by atoms with Gasteiger partial charge in [-0.15, -0.1) is 0 Å². The predicted octanol–water partition coefficient (Wildman–Crippen LogP) is 2.71. The van der Waals surface area contributed by atoms with Crippen molar-refractivity contribution >= 4 is 5.69 Å². The highest BCUT2D eigenvalue weighted by Crippen LogP contribution is 2.34. The molecule has 0 spiro atoms. The molecule has 0 saturated heterocycles. The summed E-state index contributed by atoms with van der Waals surface area (Å²) in [6, 6.07) is 11.0. The van der Waals surface area contributed by atoms with Crippen LogP contribution in [0.25, 0.3) is 0 Å². The number of phenols is 1. The van der Waals surface area contributed by atoms with Crippen molar-refractivity contribution in [1.29, 1.82) is 15.8 Å². The Labute approximate surface area is 129 Å². The average molecular weight is 306 g/mol.